The Hall–Kier alpha value is -0.900. The van der Waals surface area contributed by atoms with Crippen LogP contribution in [0.25, 0.3) is 0 Å². The molecule has 1 saturated carbocycles. The van der Waals surface area contributed by atoms with Crippen molar-refractivity contribution in [3.8, 4) is 0 Å². The Morgan fingerprint density at radius 2 is 1.68 bits per heavy atom. The SMILES string of the molecule is CCC[C@H]1CC[C@H](c2ccc(S(=O)(=O)F)cc2)CC1. The molecule has 0 aliphatic heterocycles. The molecule has 1 aromatic carbocycles. The summed E-state index contributed by atoms with van der Waals surface area (Å²) in [6.45, 7) is 2.22. The third kappa shape index (κ3) is 3.78. The number of hydrogen-bond acceptors (Lipinski definition) is 2. The summed E-state index contributed by atoms with van der Waals surface area (Å²) in [6.07, 6.45) is 7.38. The predicted octanol–water partition coefficient (Wildman–Crippen LogP) is 4.42. The molecule has 4 heteroatoms. The molecule has 2 nitrogen and oxygen atoms in total. The predicted molar refractivity (Wildman–Crippen MR) is 74.3 cm³/mol. The van der Waals surface area contributed by atoms with Crippen molar-refractivity contribution in [1.29, 1.82) is 0 Å². The molecule has 0 atom stereocenters. The minimum Gasteiger partial charge on any atom is -0.189 e. The first-order chi connectivity index (χ1) is 9.00. The van der Waals surface area contributed by atoms with E-state index in [2.05, 4.69) is 6.92 Å². The summed E-state index contributed by atoms with van der Waals surface area (Å²) in [5.74, 6) is 1.36. The third-order valence-electron chi connectivity index (χ3n) is 4.18. The van der Waals surface area contributed by atoms with Crippen LogP contribution < -0.4 is 0 Å². The lowest BCUT2D eigenvalue weighted by Crippen LogP contribution is -2.13. The Labute approximate surface area is 115 Å². The summed E-state index contributed by atoms with van der Waals surface area (Å²) < 4.78 is 34.3. The van der Waals surface area contributed by atoms with Gasteiger partial charge in [0.05, 0.1) is 4.90 Å². The van der Waals surface area contributed by atoms with Crippen LogP contribution in [0.5, 0.6) is 0 Å². The largest absolute Gasteiger partial charge is 0.332 e. The standard InChI is InChI=1S/C15H21FO2S/c1-2-3-12-4-6-13(7-5-12)14-8-10-15(11-9-14)19(16,17)18/h8-13H,2-7H2,1H3/t12-,13-. The van der Waals surface area contributed by atoms with E-state index in [1.54, 1.807) is 12.1 Å². The fourth-order valence-electron chi connectivity index (χ4n) is 3.10. The highest BCUT2D eigenvalue weighted by molar-refractivity contribution is 7.86. The van der Waals surface area contributed by atoms with Crippen molar-refractivity contribution >= 4 is 10.2 Å². The molecule has 1 aliphatic rings. The molecule has 0 radical (unpaired) electrons. The second-order valence-electron chi connectivity index (χ2n) is 5.51. The molecule has 19 heavy (non-hydrogen) atoms. The summed E-state index contributed by atoms with van der Waals surface area (Å²) in [5, 5.41) is 0. The van der Waals surface area contributed by atoms with Gasteiger partial charge in [0, 0.05) is 0 Å². The fourth-order valence-corrected chi connectivity index (χ4v) is 3.56. The highest BCUT2D eigenvalue weighted by Crippen LogP contribution is 2.37. The molecular formula is C15H21FO2S. The van der Waals surface area contributed by atoms with Crippen LogP contribution in [-0.4, -0.2) is 8.42 Å². The molecular weight excluding hydrogens is 263 g/mol. The van der Waals surface area contributed by atoms with Crippen LogP contribution in [0.4, 0.5) is 3.89 Å². The van der Waals surface area contributed by atoms with Crippen molar-refractivity contribution in [2.75, 3.05) is 0 Å². The van der Waals surface area contributed by atoms with E-state index in [9.17, 15) is 12.3 Å². The summed E-state index contributed by atoms with van der Waals surface area (Å²) in [4.78, 5) is -0.240. The van der Waals surface area contributed by atoms with Gasteiger partial charge < -0.3 is 0 Å². The zero-order valence-corrected chi connectivity index (χ0v) is 12.1. The minimum absolute atomic E-state index is 0.240. The summed E-state index contributed by atoms with van der Waals surface area (Å²) in [6, 6.07) is 6.28. The molecule has 0 bridgehead atoms. The van der Waals surface area contributed by atoms with Gasteiger partial charge >= 0.3 is 10.2 Å². The molecule has 0 heterocycles. The van der Waals surface area contributed by atoms with Crippen LogP contribution in [-0.2, 0) is 10.2 Å². The fraction of sp³-hybridized carbons (Fsp3) is 0.600. The van der Waals surface area contributed by atoms with Gasteiger partial charge in [0.15, 0.2) is 0 Å². The Bertz CT molecular complexity index is 499. The van der Waals surface area contributed by atoms with Gasteiger partial charge in [-0.25, -0.2) is 0 Å². The van der Waals surface area contributed by atoms with Crippen molar-refractivity contribution in [2.24, 2.45) is 5.92 Å². The number of hydrogen-bond donors (Lipinski definition) is 0. The van der Waals surface area contributed by atoms with Gasteiger partial charge in [-0.15, -0.1) is 3.89 Å². The van der Waals surface area contributed by atoms with Gasteiger partial charge in [0.2, 0.25) is 0 Å². The maximum absolute atomic E-state index is 12.8. The van der Waals surface area contributed by atoms with E-state index in [1.807, 2.05) is 0 Å². The molecule has 0 amide bonds. The first-order valence-corrected chi connectivity index (χ1v) is 8.43. The maximum atomic E-state index is 12.8. The Balaban J connectivity index is 2.00. The topological polar surface area (TPSA) is 34.1 Å². The van der Waals surface area contributed by atoms with Crippen molar-refractivity contribution < 1.29 is 12.3 Å². The van der Waals surface area contributed by atoms with Gasteiger partial charge in [0.25, 0.3) is 0 Å². The normalized spacial score (nSPS) is 24.3. The van der Waals surface area contributed by atoms with E-state index in [0.717, 1.165) is 24.3 Å². The first kappa shape index (κ1) is 14.5. The first-order valence-electron chi connectivity index (χ1n) is 7.05. The molecule has 1 aliphatic carbocycles. The second-order valence-corrected chi connectivity index (χ2v) is 6.86. The van der Waals surface area contributed by atoms with Crippen LogP contribution in [0.2, 0.25) is 0 Å². The van der Waals surface area contributed by atoms with E-state index in [1.165, 1.54) is 37.8 Å². The van der Waals surface area contributed by atoms with Crippen LogP contribution in [0, 0.1) is 5.92 Å². The zero-order chi connectivity index (χ0) is 13.9. The van der Waals surface area contributed by atoms with E-state index >= 15 is 0 Å². The molecule has 0 unspecified atom stereocenters. The molecule has 106 valence electrons. The second kappa shape index (κ2) is 6.04. The van der Waals surface area contributed by atoms with Gasteiger partial charge in [-0.05, 0) is 55.2 Å². The number of halogens is 1. The molecule has 0 spiro atoms. The van der Waals surface area contributed by atoms with E-state index < -0.39 is 10.2 Å². The lowest BCUT2D eigenvalue weighted by Gasteiger charge is -2.28. The van der Waals surface area contributed by atoms with Gasteiger partial charge in [-0.3, -0.25) is 0 Å². The van der Waals surface area contributed by atoms with Gasteiger partial charge in [-0.1, -0.05) is 31.9 Å². The minimum atomic E-state index is -4.57. The zero-order valence-electron chi connectivity index (χ0n) is 11.3. The van der Waals surface area contributed by atoms with Crippen molar-refractivity contribution in [2.45, 2.75) is 56.3 Å². The monoisotopic (exact) mass is 284 g/mol. The van der Waals surface area contributed by atoms with E-state index in [-0.39, 0.29) is 4.90 Å². The Kier molecular flexibility index (Phi) is 4.61. The van der Waals surface area contributed by atoms with Crippen molar-refractivity contribution in [3.63, 3.8) is 0 Å². The van der Waals surface area contributed by atoms with Crippen LogP contribution in [0.15, 0.2) is 29.2 Å². The van der Waals surface area contributed by atoms with Gasteiger partial charge in [-0.2, -0.15) is 8.42 Å². The lowest BCUT2D eigenvalue weighted by molar-refractivity contribution is 0.308. The maximum Gasteiger partial charge on any atom is 0.332 e. The summed E-state index contributed by atoms with van der Waals surface area (Å²) in [7, 11) is -4.57. The average Bonchev–Trinajstić information content (AvgIpc) is 2.39. The molecule has 2 rings (SSSR count). The van der Waals surface area contributed by atoms with Crippen molar-refractivity contribution in [1.82, 2.24) is 0 Å². The van der Waals surface area contributed by atoms with E-state index in [0.29, 0.717) is 5.92 Å². The number of rotatable bonds is 4. The third-order valence-corrected chi connectivity index (χ3v) is 5.01. The Morgan fingerprint density at radius 3 is 2.16 bits per heavy atom. The van der Waals surface area contributed by atoms with Crippen LogP contribution >= 0.6 is 0 Å². The van der Waals surface area contributed by atoms with Gasteiger partial charge in [0.1, 0.15) is 0 Å². The van der Waals surface area contributed by atoms with E-state index in [4.69, 9.17) is 0 Å². The molecule has 1 fully saturated rings. The summed E-state index contributed by atoms with van der Waals surface area (Å²) in [5.41, 5.74) is 1.14. The quantitative estimate of drug-likeness (QED) is 0.767. The highest BCUT2D eigenvalue weighted by atomic mass is 32.3. The average molecular weight is 284 g/mol. The lowest BCUT2D eigenvalue weighted by atomic mass is 9.77. The molecule has 0 aromatic heterocycles. The summed E-state index contributed by atoms with van der Waals surface area (Å²) >= 11 is 0. The smallest absolute Gasteiger partial charge is 0.189 e. The highest BCUT2D eigenvalue weighted by Gasteiger charge is 2.22. The number of benzene rings is 1. The molecule has 0 saturated heterocycles. The Morgan fingerprint density at radius 1 is 1.11 bits per heavy atom. The molecule has 0 N–H and O–H groups in total. The molecule has 1 aromatic rings. The van der Waals surface area contributed by atoms with Crippen molar-refractivity contribution in [3.05, 3.63) is 29.8 Å². The van der Waals surface area contributed by atoms with Crippen LogP contribution in [0.1, 0.15) is 56.9 Å². The van der Waals surface area contributed by atoms with Crippen LogP contribution in [0.3, 0.4) is 0 Å².